The molecule has 1 saturated heterocycles. The summed E-state index contributed by atoms with van der Waals surface area (Å²) in [6, 6.07) is 8.46. The van der Waals surface area contributed by atoms with E-state index in [0.29, 0.717) is 23.1 Å². The molecule has 1 heterocycles. The van der Waals surface area contributed by atoms with Gasteiger partial charge in [0.2, 0.25) is 0 Å². The second-order valence-electron chi connectivity index (χ2n) is 11.5. The molecule has 1 atom stereocenters. The van der Waals surface area contributed by atoms with E-state index < -0.39 is 90.0 Å². The van der Waals surface area contributed by atoms with Gasteiger partial charge in [0.15, 0.2) is 15.4 Å². The van der Waals surface area contributed by atoms with E-state index in [2.05, 4.69) is 5.32 Å². The molecular formula is C30H24F7N5O8S. The second kappa shape index (κ2) is 13.9. The topological polar surface area (TPSA) is 200 Å². The zero-order valence-electron chi connectivity index (χ0n) is 26.2. The van der Waals surface area contributed by atoms with Crippen LogP contribution in [-0.4, -0.2) is 53.2 Å². The van der Waals surface area contributed by atoms with E-state index in [9.17, 15) is 68.8 Å². The van der Waals surface area contributed by atoms with Gasteiger partial charge < -0.3 is 15.7 Å². The maximum atomic E-state index is 13.0. The van der Waals surface area contributed by atoms with Crippen LogP contribution in [0.4, 0.5) is 52.6 Å². The van der Waals surface area contributed by atoms with Gasteiger partial charge in [-0.05, 0) is 75.4 Å². The molecule has 0 spiro atoms. The summed E-state index contributed by atoms with van der Waals surface area (Å²) in [6.45, 7) is 3.66. The van der Waals surface area contributed by atoms with Crippen molar-refractivity contribution in [3.05, 3.63) is 93.3 Å². The number of alkyl halides is 6. The monoisotopic (exact) mass is 747 g/mol. The number of imide groups is 1. The maximum Gasteiger partial charge on any atom is 0.423 e. The number of urea groups is 1. The Morgan fingerprint density at radius 3 is 2.04 bits per heavy atom. The van der Waals surface area contributed by atoms with Crippen LogP contribution >= 0.6 is 0 Å². The van der Waals surface area contributed by atoms with Crippen LogP contribution < -0.4 is 15.5 Å². The maximum absolute atomic E-state index is 13.0. The van der Waals surface area contributed by atoms with Gasteiger partial charge >= 0.3 is 18.4 Å². The molecule has 4 amide bonds. The number of nitrogens with one attached hydrogen (secondary N) is 2. The Labute approximate surface area is 283 Å². The molecule has 0 bridgehead atoms. The predicted molar refractivity (Wildman–Crippen MR) is 162 cm³/mol. The van der Waals surface area contributed by atoms with Crippen LogP contribution in [0.15, 0.2) is 65.6 Å². The molecule has 0 aliphatic carbocycles. The van der Waals surface area contributed by atoms with Crippen LogP contribution in [0, 0.1) is 27.3 Å². The number of nitrogens with zero attached hydrogens (tertiary/aromatic N) is 3. The molecule has 0 saturated carbocycles. The Hall–Kier alpha value is -5.62. The Morgan fingerprint density at radius 1 is 1.00 bits per heavy atom. The van der Waals surface area contributed by atoms with E-state index in [-0.39, 0.29) is 16.3 Å². The van der Waals surface area contributed by atoms with Crippen molar-refractivity contribution in [2.24, 2.45) is 0 Å². The van der Waals surface area contributed by atoms with E-state index in [0.717, 1.165) is 49.4 Å². The first-order valence-corrected chi connectivity index (χ1v) is 15.5. The van der Waals surface area contributed by atoms with Gasteiger partial charge in [0, 0.05) is 11.8 Å². The molecule has 13 nitrogen and oxygen atoms in total. The number of nitro benzene ring substituents is 1. The molecule has 51 heavy (non-hydrogen) atoms. The zero-order chi connectivity index (χ0) is 38.9. The van der Waals surface area contributed by atoms with E-state index in [1.54, 1.807) is 0 Å². The van der Waals surface area contributed by atoms with Gasteiger partial charge in [0.1, 0.15) is 16.9 Å². The highest BCUT2D eigenvalue weighted by molar-refractivity contribution is 7.91. The molecule has 3 aromatic carbocycles. The molecule has 4 rings (SSSR count). The van der Waals surface area contributed by atoms with Crippen LogP contribution in [0.25, 0.3) is 0 Å². The van der Waals surface area contributed by atoms with Crippen LogP contribution in [-0.2, 0) is 31.8 Å². The quantitative estimate of drug-likeness (QED) is 0.0940. The lowest BCUT2D eigenvalue weighted by atomic mass is 10.1. The number of sulfone groups is 1. The number of carbonyl (C=O) groups excluding carboxylic acids is 3. The first kappa shape index (κ1) is 39.8. The molecule has 3 N–H and O–H groups in total. The number of amides is 4. The van der Waals surface area contributed by atoms with E-state index in [4.69, 9.17) is 5.26 Å². The van der Waals surface area contributed by atoms with E-state index in [1.807, 2.05) is 5.32 Å². The minimum absolute atomic E-state index is 0.343. The summed E-state index contributed by atoms with van der Waals surface area (Å²) in [4.78, 5) is 45.8. The molecule has 1 aliphatic rings. The summed E-state index contributed by atoms with van der Waals surface area (Å²) >= 11 is 0. The summed E-state index contributed by atoms with van der Waals surface area (Å²) in [6.07, 6.45) is -9.85. The average molecular weight is 748 g/mol. The van der Waals surface area contributed by atoms with Crippen LogP contribution in [0.1, 0.15) is 37.5 Å². The number of halogens is 7. The first-order valence-electron chi connectivity index (χ1n) is 13.9. The third kappa shape index (κ3) is 9.14. The predicted octanol–water partition coefficient (Wildman–Crippen LogP) is 5.33. The van der Waals surface area contributed by atoms with E-state index >= 15 is 0 Å². The minimum atomic E-state index is -4.99. The van der Waals surface area contributed by atoms with Crippen LogP contribution in [0.2, 0.25) is 0 Å². The summed E-state index contributed by atoms with van der Waals surface area (Å²) in [5, 5.41) is 34.0. The largest absolute Gasteiger partial charge is 0.423 e. The molecule has 0 radical (unpaired) electrons. The highest BCUT2D eigenvalue weighted by Crippen LogP contribution is 2.39. The lowest BCUT2D eigenvalue weighted by molar-refractivity contribution is -0.388. The normalized spacial score (nSPS) is 15.5. The lowest BCUT2D eigenvalue weighted by Gasteiger charge is -2.22. The van der Waals surface area contributed by atoms with Crippen LogP contribution in [0.3, 0.4) is 0 Å². The van der Waals surface area contributed by atoms with Crippen molar-refractivity contribution < 1.29 is 63.6 Å². The van der Waals surface area contributed by atoms with Crippen molar-refractivity contribution in [3.8, 4) is 6.07 Å². The second-order valence-corrected chi connectivity index (χ2v) is 13.5. The van der Waals surface area contributed by atoms with Crippen molar-refractivity contribution >= 4 is 44.7 Å². The molecule has 1 aliphatic heterocycles. The summed E-state index contributed by atoms with van der Waals surface area (Å²) in [5.74, 6) is -3.81. The van der Waals surface area contributed by atoms with E-state index in [1.165, 1.54) is 19.9 Å². The Morgan fingerprint density at radius 2 is 1.57 bits per heavy atom. The number of carbonyl (C=O) groups is 3. The highest BCUT2D eigenvalue weighted by atomic mass is 32.2. The summed E-state index contributed by atoms with van der Waals surface area (Å²) < 4.78 is 115. The standard InChI is InChI=1S/C18H14F4N2O4S.C12H10F3N3O4/c1-17(26,10-29(27,28)14-6-3-12(19)4-7-14)16(25)24-13-5-2-11(9-23)15(8-13)18(20,21)22;1-11(2)9(19)17(10(20)16-11)6-3-4-8(18(21)22)7(5-6)12(13,14)15/h2-8,26H,10H2,1H3,(H,24,25);3-5H,1-2H3,(H,16,20). The van der Waals surface area contributed by atoms with Gasteiger partial charge in [-0.2, -0.15) is 31.6 Å². The summed E-state index contributed by atoms with van der Waals surface area (Å²) in [7, 11) is -4.21. The Kier molecular flexibility index (Phi) is 10.9. The molecule has 272 valence electrons. The van der Waals surface area contributed by atoms with Crippen molar-refractivity contribution in [2.75, 3.05) is 16.0 Å². The van der Waals surface area contributed by atoms with Gasteiger partial charge in [-0.1, -0.05) is 0 Å². The fourth-order valence-electron chi connectivity index (χ4n) is 4.41. The third-order valence-electron chi connectivity index (χ3n) is 6.94. The van der Waals surface area contributed by atoms with Crippen LogP contribution in [0.5, 0.6) is 0 Å². The number of rotatable bonds is 7. The molecular weight excluding hydrogens is 723 g/mol. The van der Waals surface area contributed by atoms with Gasteiger partial charge in [-0.15, -0.1) is 0 Å². The minimum Gasteiger partial charge on any atom is -0.379 e. The lowest BCUT2D eigenvalue weighted by Crippen LogP contribution is -2.45. The molecule has 21 heteroatoms. The van der Waals surface area contributed by atoms with Crippen molar-refractivity contribution in [1.82, 2.24) is 5.32 Å². The van der Waals surface area contributed by atoms with Gasteiger partial charge in [-0.3, -0.25) is 19.7 Å². The number of benzene rings is 3. The number of nitriles is 1. The molecule has 1 fully saturated rings. The fraction of sp³-hybridized carbons (Fsp3) is 0.267. The van der Waals surface area contributed by atoms with Crippen molar-refractivity contribution in [3.63, 3.8) is 0 Å². The highest BCUT2D eigenvalue weighted by Gasteiger charge is 2.47. The number of hydrogen-bond donors (Lipinski definition) is 3. The number of nitro groups is 1. The Balaban J connectivity index is 0.000000286. The molecule has 0 aromatic heterocycles. The number of anilines is 2. The van der Waals surface area contributed by atoms with Gasteiger partial charge in [0.05, 0.1) is 38.5 Å². The number of aliphatic hydroxyl groups is 1. The third-order valence-corrected chi connectivity index (χ3v) is 8.87. The van der Waals surface area contributed by atoms with Gasteiger partial charge in [0.25, 0.3) is 17.5 Å². The van der Waals surface area contributed by atoms with Crippen molar-refractivity contribution in [1.29, 1.82) is 5.26 Å². The number of hydrogen-bond acceptors (Lipinski definition) is 9. The fourth-order valence-corrected chi connectivity index (χ4v) is 6.00. The smallest absolute Gasteiger partial charge is 0.379 e. The molecule has 1 unspecified atom stereocenters. The average Bonchev–Trinajstić information content (AvgIpc) is 3.21. The van der Waals surface area contributed by atoms with Crippen molar-refractivity contribution in [2.45, 2.75) is 49.2 Å². The SMILES string of the molecule is CC(O)(CS(=O)(=O)c1ccc(F)cc1)C(=O)Nc1ccc(C#N)c(C(F)(F)F)c1.CC1(C)NC(=O)N(c2ccc([N+](=O)[O-])c(C(F)(F)F)c2)C1=O. The zero-order valence-corrected chi connectivity index (χ0v) is 27.0. The molecule has 3 aromatic rings. The van der Waals surface area contributed by atoms with Gasteiger partial charge in [-0.25, -0.2) is 22.5 Å². The first-order chi connectivity index (χ1) is 23.2. The Bertz CT molecular complexity index is 2040. The summed E-state index contributed by atoms with van der Waals surface area (Å²) in [5.41, 5.74) is -9.19.